The first-order valence-electron chi connectivity index (χ1n) is 4.92. The molecular weight excluding hydrogens is 210 g/mol. The second kappa shape index (κ2) is 4.03. The summed E-state index contributed by atoms with van der Waals surface area (Å²) in [7, 11) is 1.62. The monoisotopic (exact) mass is 227 g/mol. The van der Waals surface area contributed by atoms with E-state index in [9.17, 15) is 0 Å². The van der Waals surface area contributed by atoms with Crippen molar-refractivity contribution in [3.8, 4) is 5.75 Å². The summed E-state index contributed by atoms with van der Waals surface area (Å²) in [4.78, 5) is 0. The van der Waals surface area contributed by atoms with E-state index in [1.807, 2.05) is 33.8 Å². The van der Waals surface area contributed by atoms with Gasteiger partial charge in [-0.15, -0.1) is 0 Å². The van der Waals surface area contributed by atoms with E-state index in [1.165, 1.54) is 0 Å². The van der Waals surface area contributed by atoms with Gasteiger partial charge in [0.2, 0.25) is 0 Å². The molecule has 0 amide bonds. The number of ether oxygens (including phenoxy) is 1. The molecule has 0 heterocycles. The highest BCUT2D eigenvalue weighted by Gasteiger charge is 2.22. The molecule has 0 aliphatic rings. The molecular formula is C12H18ClNO. The number of halogens is 1. The molecule has 0 radical (unpaired) electrons. The number of rotatable bonds is 2. The molecule has 15 heavy (non-hydrogen) atoms. The zero-order valence-electron chi connectivity index (χ0n) is 9.94. The summed E-state index contributed by atoms with van der Waals surface area (Å²) in [6.07, 6.45) is 0. The van der Waals surface area contributed by atoms with Crippen LogP contribution in [0.25, 0.3) is 0 Å². The van der Waals surface area contributed by atoms with Gasteiger partial charge in [0.25, 0.3) is 0 Å². The van der Waals surface area contributed by atoms with Crippen LogP contribution in [0.5, 0.6) is 5.75 Å². The molecule has 84 valence electrons. The molecule has 3 heteroatoms. The predicted molar refractivity (Wildman–Crippen MR) is 64.7 cm³/mol. The topological polar surface area (TPSA) is 35.2 Å². The Labute approximate surface area is 96.4 Å². The van der Waals surface area contributed by atoms with Gasteiger partial charge < -0.3 is 10.5 Å². The molecule has 1 aromatic carbocycles. The fourth-order valence-electron chi connectivity index (χ4n) is 2.06. The van der Waals surface area contributed by atoms with Crippen molar-refractivity contribution >= 4 is 11.6 Å². The number of hydrogen-bond acceptors (Lipinski definition) is 2. The lowest BCUT2D eigenvalue weighted by Gasteiger charge is -2.25. The lowest BCUT2D eigenvalue weighted by molar-refractivity contribution is 0.413. The van der Waals surface area contributed by atoms with Crippen LogP contribution >= 0.6 is 11.6 Å². The van der Waals surface area contributed by atoms with E-state index in [-0.39, 0.29) is 5.54 Å². The second-order valence-electron chi connectivity index (χ2n) is 4.43. The van der Waals surface area contributed by atoms with Crippen LogP contribution in [-0.2, 0) is 5.54 Å². The van der Waals surface area contributed by atoms with E-state index < -0.39 is 0 Å². The Kier molecular flexibility index (Phi) is 3.31. The van der Waals surface area contributed by atoms with Crippen molar-refractivity contribution in [2.45, 2.75) is 33.2 Å². The fourth-order valence-corrected chi connectivity index (χ4v) is 2.29. The third-order valence-corrected chi connectivity index (χ3v) is 3.00. The number of hydrogen-bond donors (Lipinski definition) is 1. The summed E-state index contributed by atoms with van der Waals surface area (Å²) in [6.45, 7) is 7.95. The summed E-state index contributed by atoms with van der Waals surface area (Å²) in [6, 6.07) is 1.93. The first-order chi connectivity index (χ1) is 6.79. The molecule has 0 aliphatic carbocycles. The van der Waals surface area contributed by atoms with E-state index in [0.29, 0.717) is 10.8 Å². The molecule has 0 spiro atoms. The van der Waals surface area contributed by atoms with Crippen LogP contribution in [0.1, 0.15) is 30.5 Å². The average molecular weight is 228 g/mol. The summed E-state index contributed by atoms with van der Waals surface area (Å²) in [5, 5.41) is 0.650. The van der Waals surface area contributed by atoms with Crippen LogP contribution in [-0.4, -0.2) is 7.11 Å². The largest absolute Gasteiger partial charge is 0.495 e. The van der Waals surface area contributed by atoms with Gasteiger partial charge in [-0.25, -0.2) is 0 Å². The van der Waals surface area contributed by atoms with Crippen LogP contribution in [0.15, 0.2) is 6.07 Å². The molecule has 0 saturated carbocycles. The number of benzene rings is 1. The predicted octanol–water partition coefficient (Wildman–Crippen LogP) is 3.16. The lowest BCUT2D eigenvalue weighted by atomic mass is 9.87. The van der Waals surface area contributed by atoms with Crippen molar-refractivity contribution in [1.29, 1.82) is 0 Å². The third-order valence-electron chi connectivity index (χ3n) is 2.53. The fraction of sp³-hybridized carbons (Fsp3) is 0.500. The summed E-state index contributed by atoms with van der Waals surface area (Å²) >= 11 is 6.20. The van der Waals surface area contributed by atoms with Crippen LogP contribution in [0.4, 0.5) is 0 Å². The number of aryl methyl sites for hydroxylation is 1. The Morgan fingerprint density at radius 1 is 1.33 bits per heavy atom. The van der Waals surface area contributed by atoms with E-state index >= 15 is 0 Å². The summed E-state index contributed by atoms with van der Waals surface area (Å²) in [5.74, 6) is 0.708. The molecule has 0 fully saturated rings. The van der Waals surface area contributed by atoms with Gasteiger partial charge in [0, 0.05) is 5.54 Å². The first-order valence-corrected chi connectivity index (χ1v) is 5.30. The Balaban J connectivity index is 3.50. The molecule has 1 rings (SSSR count). The van der Waals surface area contributed by atoms with E-state index in [2.05, 4.69) is 0 Å². The van der Waals surface area contributed by atoms with E-state index in [4.69, 9.17) is 22.1 Å². The molecule has 0 atom stereocenters. The Morgan fingerprint density at radius 3 is 2.27 bits per heavy atom. The second-order valence-corrected chi connectivity index (χ2v) is 4.81. The van der Waals surface area contributed by atoms with Gasteiger partial charge in [0.05, 0.1) is 12.1 Å². The molecule has 0 bridgehead atoms. The van der Waals surface area contributed by atoms with Crippen LogP contribution < -0.4 is 10.5 Å². The summed E-state index contributed by atoms with van der Waals surface area (Å²) < 4.78 is 5.20. The third kappa shape index (κ3) is 2.27. The molecule has 0 aromatic heterocycles. The number of nitrogens with two attached hydrogens (primary N) is 1. The maximum absolute atomic E-state index is 6.20. The van der Waals surface area contributed by atoms with Gasteiger partial charge in [-0.05, 0) is 50.5 Å². The van der Waals surface area contributed by atoms with Crippen LogP contribution in [0.3, 0.4) is 0 Å². The minimum absolute atomic E-state index is 0.385. The smallest absolute Gasteiger partial charge is 0.138 e. The zero-order chi connectivity index (χ0) is 11.8. The van der Waals surface area contributed by atoms with Crippen molar-refractivity contribution in [3.05, 3.63) is 27.8 Å². The maximum Gasteiger partial charge on any atom is 0.138 e. The van der Waals surface area contributed by atoms with Crippen LogP contribution in [0, 0.1) is 13.8 Å². The van der Waals surface area contributed by atoms with Gasteiger partial charge in [-0.3, -0.25) is 0 Å². The minimum atomic E-state index is -0.385. The molecule has 0 saturated heterocycles. The average Bonchev–Trinajstić information content (AvgIpc) is 2.09. The summed E-state index contributed by atoms with van der Waals surface area (Å²) in [5.41, 5.74) is 8.94. The SMILES string of the molecule is COc1cc(C)c(C(C)(C)N)c(C)c1Cl. The first kappa shape index (κ1) is 12.3. The Hall–Kier alpha value is -0.730. The van der Waals surface area contributed by atoms with Gasteiger partial charge in [-0.2, -0.15) is 0 Å². The normalized spacial score (nSPS) is 11.7. The molecule has 2 N–H and O–H groups in total. The van der Waals surface area contributed by atoms with Crippen molar-refractivity contribution in [3.63, 3.8) is 0 Å². The zero-order valence-corrected chi connectivity index (χ0v) is 10.7. The highest BCUT2D eigenvalue weighted by atomic mass is 35.5. The minimum Gasteiger partial charge on any atom is -0.495 e. The van der Waals surface area contributed by atoms with Gasteiger partial charge in [0.1, 0.15) is 5.75 Å². The van der Waals surface area contributed by atoms with Crippen molar-refractivity contribution in [1.82, 2.24) is 0 Å². The molecule has 1 aromatic rings. The van der Waals surface area contributed by atoms with Gasteiger partial charge in [-0.1, -0.05) is 11.6 Å². The van der Waals surface area contributed by atoms with E-state index in [1.54, 1.807) is 7.11 Å². The number of methoxy groups -OCH3 is 1. The van der Waals surface area contributed by atoms with Crippen LogP contribution in [0.2, 0.25) is 5.02 Å². The van der Waals surface area contributed by atoms with Gasteiger partial charge in [0.15, 0.2) is 0 Å². The molecule has 2 nitrogen and oxygen atoms in total. The van der Waals surface area contributed by atoms with Crippen molar-refractivity contribution in [2.75, 3.05) is 7.11 Å². The molecule has 0 unspecified atom stereocenters. The Bertz CT molecular complexity index is 380. The maximum atomic E-state index is 6.20. The molecule has 0 aliphatic heterocycles. The van der Waals surface area contributed by atoms with Crippen molar-refractivity contribution < 1.29 is 4.74 Å². The standard InChI is InChI=1S/C12H18ClNO/c1-7-6-9(15-5)11(13)8(2)10(7)12(3,4)14/h6H,14H2,1-5H3. The van der Waals surface area contributed by atoms with Crippen molar-refractivity contribution in [2.24, 2.45) is 5.73 Å². The highest BCUT2D eigenvalue weighted by molar-refractivity contribution is 6.33. The highest BCUT2D eigenvalue weighted by Crippen LogP contribution is 2.36. The lowest BCUT2D eigenvalue weighted by Crippen LogP contribution is -2.30. The van der Waals surface area contributed by atoms with E-state index in [0.717, 1.165) is 16.7 Å². The van der Waals surface area contributed by atoms with Gasteiger partial charge >= 0.3 is 0 Å². The Morgan fingerprint density at radius 2 is 1.87 bits per heavy atom. The quantitative estimate of drug-likeness (QED) is 0.843.